The number of amides is 1. The van der Waals surface area contributed by atoms with Crippen molar-refractivity contribution in [2.75, 3.05) is 13.2 Å². The molecule has 0 saturated carbocycles. The number of carbonyl (C=O) groups excluding carboxylic acids is 1. The molecule has 1 amide bonds. The molecule has 0 radical (unpaired) electrons. The summed E-state index contributed by atoms with van der Waals surface area (Å²) in [5.41, 5.74) is 3.05. The molecule has 0 bridgehead atoms. The first-order valence-electron chi connectivity index (χ1n) is 8.35. The fourth-order valence-electron chi connectivity index (χ4n) is 3.20. The zero-order chi connectivity index (χ0) is 18.1. The van der Waals surface area contributed by atoms with Crippen LogP contribution < -0.4 is 0 Å². The highest BCUT2D eigenvalue weighted by molar-refractivity contribution is 5.78. The Balaban J connectivity index is 1.35. The number of imidazole rings is 1. The van der Waals surface area contributed by atoms with Crippen molar-refractivity contribution in [3.05, 3.63) is 65.2 Å². The third kappa shape index (κ3) is 3.31. The molecular weight excluding hydrogens is 337 g/mol. The summed E-state index contributed by atoms with van der Waals surface area (Å²) in [4.78, 5) is 21.2. The van der Waals surface area contributed by atoms with E-state index in [1.165, 1.54) is 12.1 Å². The highest BCUT2D eigenvalue weighted by atomic mass is 19.1. The molecule has 1 aliphatic rings. The summed E-state index contributed by atoms with van der Waals surface area (Å²) >= 11 is 0. The standard InChI is InChI=1S/C19H18FN3O3/c20-13-5-6-15-16(7-13)22-18(21-15)10-26-11-19(25)23-8-12-3-1-2-4-14(12)17(24)9-23/h1-7,17,24H,8-11H2,(H,21,22)/t17-/m0/s1. The number of aromatic nitrogens is 2. The third-order valence-corrected chi connectivity index (χ3v) is 4.48. The Labute approximate surface area is 149 Å². The smallest absolute Gasteiger partial charge is 0.248 e. The molecule has 2 N–H and O–H groups in total. The third-order valence-electron chi connectivity index (χ3n) is 4.48. The Kier molecular flexibility index (Phi) is 4.40. The number of aromatic amines is 1. The zero-order valence-corrected chi connectivity index (χ0v) is 14.0. The molecule has 2 aromatic carbocycles. The molecule has 134 valence electrons. The first kappa shape index (κ1) is 16.7. The maximum Gasteiger partial charge on any atom is 0.248 e. The van der Waals surface area contributed by atoms with Crippen LogP contribution in [-0.4, -0.2) is 39.0 Å². The Bertz CT molecular complexity index is 956. The van der Waals surface area contributed by atoms with E-state index in [1.807, 2.05) is 24.3 Å². The van der Waals surface area contributed by atoms with E-state index in [9.17, 15) is 14.3 Å². The van der Waals surface area contributed by atoms with Crippen molar-refractivity contribution in [2.24, 2.45) is 0 Å². The van der Waals surface area contributed by atoms with Crippen LogP contribution in [-0.2, 0) is 22.7 Å². The average Bonchev–Trinajstić information content (AvgIpc) is 3.03. The van der Waals surface area contributed by atoms with E-state index >= 15 is 0 Å². The lowest BCUT2D eigenvalue weighted by Gasteiger charge is -2.32. The van der Waals surface area contributed by atoms with Crippen molar-refractivity contribution in [1.29, 1.82) is 0 Å². The molecule has 0 fully saturated rings. The topological polar surface area (TPSA) is 78.5 Å². The molecule has 4 rings (SSSR count). The Morgan fingerprint density at radius 1 is 1.35 bits per heavy atom. The van der Waals surface area contributed by atoms with Gasteiger partial charge in [0, 0.05) is 6.54 Å². The van der Waals surface area contributed by atoms with Crippen molar-refractivity contribution < 1.29 is 19.0 Å². The van der Waals surface area contributed by atoms with Crippen LogP contribution in [0.1, 0.15) is 23.1 Å². The molecule has 0 saturated heterocycles. The summed E-state index contributed by atoms with van der Waals surface area (Å²) in [6.07, 6.45) is -0.686. The van der Waals surface area contributed by atoms with Gasteiger partial charge in [0.2, 0.25) is 5.91 Å². The maximum atomic E-state index is 13.2. The summed E-state index contributed by atoms with van der Waals surface area (Å²) in [6.45, 7) is 0.720. The maximum absolute atomic E-state index is 13.2. The van der Waals surface area contributed by atoms with Crippen LogP contribution in [0.25, 0.3) is 11.0 Å². The second kappa shape index (κ2) is 6.86. The van der Waals surface area contributed by atoms with E-state index < -0.39 is 6.10 Å². The second-order valence-corrected chi connectivity index (χ2v) is 6.33. The monoisotopic (exact) mass is 355 g/mol. The van der Waals surface area contributed by atoms with Crippen LogP contribution in [0, 0.1) is 5.82 Å². The fourth-order valence-corrected chi connectivity index (χ4v) is 3.20. The zero-order valence-electron chi connectivity index (χ0n) is 14.0. The van der Waals surface area contributed by atoms with Crippen LogP contribution in [0.3, 0.4) is 0 Å². The first-order valence-corrected chi connectivity index (χ1v) is 8.35. The number of nitrogens with zero attached hydrogens (tertiary/aromatic N) is 2. The molecule has 1 aliphatic heterocycles. The number of rotatable bonds is 4. The van der Waals surface area contributed by atoms with E-state index in [4.69, 9.17) is 4.74 Å². The van der Waals surface area contributed by atoms with Gasteiger partial charge in [-0.15, -0.1) is 0 Å². The van der Waals surface area contributed by atoms with E-state index in [1.54, 1.807) is 11.0 Å². The Morgan fingerprint density at radius 3 is 3.08 bits per heavy atom. The highest BCUT2D eigenvalue weighted by Gasteiger charge is 2.26. The van der Waals surface area contributed by atoms with Crippen LogP contribution in [0.15, 0.2) is 42.5 Å². The van der Waals surface area contributed by atoms with E-state index in [2.05, 4.69) is 9.97 Å². The van der Waals surface area contributed by atoms with Crippen molar-refractivity contribution in [3.8, 4) is 0 Å². The van der Waals surface area contributed by atoms with Gasteiger partial charge in [-0.3, -0.25) is 4.79 Å². The molecule has 0 unspecified atom stereocenters. The number of β-amino-alcohol motifs (C(OH)–C–C–N with tert-alkyl or cyclic N) is 1. The summed E-state index contributed by atoms with van der Waals surface area (Å²) in [5.74, 6) is -0.00383. The summed E-state index contributed by atoms with van der Waals surface area (Å²) in [6, 6.07) is 11.8. The number of hydrogen-bond donors (Lipinski definition) is 2. The SMILES string of the molecule is O=C(COCc1nc2ccc(F)cc2[nH]1)N1Cc2ccccc2[C@@H](O)C1. The number of H-pyrrole nitrogens is 1. The molecule has 1 atom stereocenters. The van der Waals surface area contributed by atoms with Gasteiger partial charge in [-0.1, -0.05) is 24.3 Å². The predicted molar refractivity (Wildman–Crippen MR) is 92.5 cm³/mol. The van der Waals surface area contributed by atoms with Crippen molar-refractivity contribution >= 4 is 16.9 Å². The van der Waals surface area contributed by atoms with Crippen molar-refractivity contribution in [2.45, 2.75) is 19.3 Å². The van der Waals surface area contributed by atoms with Gasteiger partial charge in [-0.25, -0.2) is 9.37 Å². The molecule has 0 aliphatic carbocycles. The van der Waals surface area contributed by atoms with Gasteiger partial charge in [-0.2, -0.15) is 0 Å². The number of carbonyl (C=O) groups is 1. The van der Waals surface area contributed by atoms with Gasteiger partial charge in [0.25, 0.3) is 0 Å². The Morgan fingerprint density at radius 2 is 2.19 bits per heavy atom. The minimum Gasteiger partial charge on any atom is -0.387 e. The van der Waals surface area contributed by atoms with Crippen LogP contribution >= 0.6 is 0 Å². The molecule has 26 heavy (non-hydrogen) atoms. The number of nitrogens with one attached hydrogen (secondary N) is 1. The molecule has 6 nitrogen and oxygen atoms in total. The number of fused-ring (bicyclic) bond motifs is 2. The van der Waals surface area contributed by atoms with Gasteiger partial charge >= 0.3 is 0 Å². The minimum absolute atomic E-state index is 0.111. The van der Waals surface area contributed by atoms with Gasteiger partial charge in [0.15, 0.2) is 0 Å². The fraction of sp³-hybridized carbons (Fsp3) is 0.263. The van der Waals surface area contributed by atoms with Gasteiger partial charge < -0.3 is 19.7 Å². The van der Waals surface area contributed by atoms with Crippen LogP contribution in [0.2, 0.25) is 0 Å². The highest BCUT2D eigenvalue weighted by Crippen LogP contribution is 2.26. The van der Waals surface area contributed by atoms with Crippen LogP contribution in [0.5, 0.6) is 0 Å². The molecular formula is C19H18FN3O3. The summed E-state index contributed by atoms with van der Waals surface area (Å²) in [5, 5.41) is 10.2. The normalized spacial score (nSPS) is 16.7. The average molecular weight is 355 g/mol. The second-order valence-electron chi connectivity index (χ2n) is 6.33. The predicted octanol–water partition coefficient (Wildman–Crippen LogP) is 2.29. The number of aliphatic hydroxyl groups is 1. The first-order chi connectivity index (χ1) is 12.6. The van der Waals surface area contributed by atoms with Crippen molar-refractivity contribution in [1.82, 2.24) is 14.9 Å². The van der Waals surface area contributed by atoms with Gasteiger partial charge in [-0.05, 0) is 29.3 Å². The van der Waals surface area contributed by atoms with E-state index in [0.29, 0.717) is 23.4 Å². The van der Waals surface area contributed by atoms with Gasteiger partial charge in [0.1, 0.15) is 24.9 Å². The lowest BCUT2D eigenvalue weighted by atomic mass is 9.97. The largest absolute Gasteiger partial charge is 0.387 e. The quantitative estimate of drug-likeness (QED) is 0.753. The van der Waals surface area contributed by atoms with E-state index in [0.717, 1.165) is 11.1 Å². The van der Waals surface area contributed by atoms with Gasteiger partial charge in [0.05, 0.1) is 23.7 Å². The van der Waals surface area contributed by atoms with Crippen LogP contribution in [0.4, 0.5) is 4.39 Å². The van der Waals surface area contributed by atoms with E-state index in [-0.39, 0.29) is 31.5 Å². The Hall–Kier alpha value is -2.77. The number of benzene rings is 2. The number of halogens is 1. The molecule has 2 heterocycles. The molecule has 3 aromatic rings. The summed E-state index contributed by atoms with van der Waals surface area (Å²) in [7, 11) is 0. The molecule has 0 spiro atoms. The summed E-state index contributed by atoms with van der Waals surface area (Å²) < 4.78 is 18.7. The number of aliphatic hydroxyl groups excluding tert-OH is 1. The number of ether oxygens (including phenoxy) is 1. The van der Waals surface area contributed by atoms with Crippen molar-refractivity contribution in [3.63, 3.8) is 0 Å². The minimum atomic E-state index is -0.686. The lowest BCUT2D eigenvalue weighted by molar-refractivity contribution is -0.139. The molecule has 7 heteroatoms. The number of hydrogen-bond acceptors (Lipinski definition) is 4. The molecule has 1 aromatic heterocycles. The lowest BCUT2D eigenvalue weighted by Crippen LogP contribution is -2.40.